The van der Waals surface area contributed by atoms with Gasteiger partial charge in [0.15, 0.2) is 11.5 Å². The van der Waals surface area contributed by atoms with Crippen molar-refractivity contribution in [2.24, 2.45) is 0 Å². The molecule has 0 bridgehead atoms. The summed E-state index contributed by atoms with van der Waals surface area (Å²) in [7, 11) is 0. The molecule has 2 heterocycles. The Morgan fingerprint density at radius 2 is 0.976 bits per heavy atom. The molecule has 4 nitrogen and oxygen atoms in total. The van der Waals surface area contributed by atoms with Crippen molar-refractivity contribution in [3.8, 4) is 11.5 Å². The Morgan fingerprint density at radius 1 is 0.585 bits per heavy atom. The highest BCUT2D eigenvalue weighted by Crippen LogP contribution is 2.56. The summed E-state index contributed by atoms with van der Waals surface area (Å²) >= 11 is 0. The number of aryl methyl sites for hydroxylation is 2. The topological polar surface area (TPSA) is 42.5 Å². The first-order valence-corrected chi connectivity index (χ1v) is 14.8. The van der Waals surface area contributed by atoms with E-state index in [1.807, 2.05) is 0 Å². The summed E-state index contributed by atoms with van der Waals surface area (Å²) in [6, 6.07) is 30.0. The second-order valence-corrected chi connectivity index (χ2v) is 13.3. The van der Waals surface area contributed by atoms with Crippen LogP contribution in [0, 0.1) is 13.8 Å². The lowest BCUT2D eigenvalue weighted by atomic mass is 9.68. The zero-order valence-corrected chi connectivity index (χ0v) is 25.2. The average Bonchev–Trinajstić information content (AvgIpc) is 2.92. The first-order chi connectivity index (χ1) is 19.5. The molecule has 2 N–H and O–H groups in total. The van der Waals surface area contributed by atoms with Gasteiger partial charge in [-0.15, -0.1) is 0 Å². The average molecular weight is 547 g/mol. The van der Waals surface area contributed by atoms with Gasteiger partial charge in [-0.25, -0.2) is 0 Å². The van der Waals surface area contributed by atoms with E-state index in [4.69, 9.17) is 9.47 Å². The minimum Gasteiger partial charge on any atom is -0.450 e. The van der Waals surface area contributed by atoms with Crippen LogP contribution < -0.4 is 20.1 Å². The van der Waals surface area contributed by atoms with Crippen LogP contribution in [0.2, 0.25) is 0 Å². The lowest BCUT2D eigenvalue weighted by Crippen LogP contribution is -2.56. The zero-order valence-electron chi connectivity index (χ0n) is 25.2. The van der Waals surface area contributed by atoms with Gasteiger partial charge in [0.1, 0.15) is 0 Å². The Kier molecular flexibility index (Phi) is 6.76. The van der Waals surface area contributed by atoms with E-state index in [0.29, 0.717) is 0 Å². The smallest absolute Gasteiger partial charge is 0.253 e. The van der Waals surface area contributed by atoms with Gasteiger partial charge in [-0.05, 0) is 48.2 Å². The molecule has 212 valence electrons. The number of hydrogen-bond acceptors (Lipinski definition) is 4. The van der Waals surface area contributed by atoms with Gasteiger partial charge < -0.3 is 20.1 Å². The molecule has 0 saturated heterocycles. The van der Waals surface area contributed by atoms with Crippen LogP contribution in [0.15, 0.2) is 84.9 Å². The van der Waals surface area contributed by atoms with E-state index in [9.17, 15) is 0 Å². The molecule has 0 saturated carbocycles. The molecule has 2 aliphatic rings. The lowest BCUT2D eigenvalue weighted by molar-refractivity contribution is -0.165. The summed E-state index contributed by atoms with van der Waals surface area (Å²) in [4.78, 5) is 0. The van der Waals surface area contributed by atoms with Gasteiger partial charge in [-0.1, -0.05) is 100 Å². The predicted octanol–water partition coefficient (Wildman–Crippen LogP) is 9.04. The third-order valence-corrected chi connectivity index (χ3v) is 8.58. The van der Waals surface area contributed by atoms with Gasteiger partial charge in [0.25, 0.3) is 5.79 Å². The summed E-state index contributed by atoms with van der Waals surface area (Å²) in [6.45, 7) is 15.1. The maximum absolute atomic E-state index is 7.10. The standard InChI is InChI=1S/C37H42N2O2/c1-25-17-29-33(31(19-25)38-21-27-13-9-7-10-14-27)40-37(23-35(29,3)4)24-36(5,6)30-18-26(2)20-32(34(30)41-37)39-22-28-15-11-8-12-16-28/h7-20,38-39H,21-24H2,1-6H3. The highest BCUT2D eigenvalue weighted by molar-refractivity contribution is 5.67. The third-order valence-electron chi connectivity index (χ3n) is 8.58. The molecule has 6 rings (SSSR count). The summed E-state index contributed by atoms with van der Waals surface area (Å²) in [6.07, 6.45) is 1.53. The number of ether oxygens (including phenoxy) is 2. The van der Waals surface area contributed by atoms with Crippen molar-refractivity contribution in [1.29, 1.82) is 0 Å². The highest BCUT2D eigenvalue weighted by atomic mass is 16.7. The number of benzene rings is 4. The number of anilines is 2. The molecule has 0 radical (unpaired) electrons. The van der Waals surface area contributed by atoms with E-state index in [1.54, 1.807) is 0 Å². The molecule has 4 heteroatoms. The van der Waals surface area contributed by atoms with E-state index < -0.39 is 5.79 Å². The molecule has 0 fully saturated rings. The minimum atomic E-state index is -0.788. The molecule has 0 aromatic heterocycles. The second kappa shape index (κ2) is 10.2. The van der Waals surface area contributed by atoms with Gasteiger partial charge in [0.2, 0.25) is 0 Å². The fourth-order valence-corrected chi connectivity index (χ4v) is 6.76. The molecule has 0 amide bonds. The summed E-state index contributed by atoms with van der Waals surface area (Å²) in [5, 5.41) is 7.39. The second-order valence-electron chi connectivity index (χ2n) is 13.3. The monoisotopic (exact) mass is 546 g/mol. The van der Waals surface area contributed by atoms with Gasteiger partial charge in [-0.2, -0.15) is 0 Å². The van der Waals surface area contributed by atoms with E-state index in [2.05, 4.69) is 137 Å². The van der Waals surface area contributed by atoms with Crippen molar-refractivity contribution in [2.75, 3.05) is 10.6 Å². The summed E-state index contributed by atoms with van der Waals surface area (Å²) < 4.78 is 14.2. The van der Waals surface area contributed by atoms with E-state index in [1.165, 1.54) is 33.4 Å². The summed E-state index contributed by atoms with van der Waals surface area (Å²) in [5.41, 5.74) is 9.16. The molecular weight excluding hydrogens is 504 g/mol. The van der Waals surface area contributed by atoms with Crippen LogP contribution in [0.3, 0.4) is 0 Å². The molecule has 0 atom stereocenters. The van der Waals surface area contributed by atoms with Gasteiger partial charge in [-0.3, -0.25) is 0 Å². The summed E-state index contributed by atoms with van der Waals surface area (Å²) in [5.74, 6) is 1.03. The maximum atomic E-state index is 7.10. The normalized spacial score (nSPS) is 17.5. The van der Waals surface area contributed by atoms with Crippen molar-refractivity contribution < 1.29 is 9.47 Å². The Bertz CT molecular complexity index is 1440. The first-order valence-electron chi connectivity index (χ1n) is 14.8. The molecule has 4 aromatic rings. The fraction of sp³-hybridized carbons (Fsp3) is 0.351. The van der Waals surface area contributed by atoms with Gasteiger partial charge >= 0.3 is 0 Å². The molecule has 1 spiro atoms. The Hall–Kier alpha value is -3.92. The largest absolute Gasteiger partial charge is 0.450 e. The van der Waals surface area contributed by atoms with Crippen LogP contribution in [0.5, 0.6) is 11.5 Å². The van der Waals surface area contributed by atoms with Crippen LogP contribution in [-0.2, 0) is 23.9 Å². The zero-order chi connectivity index (χ0) is 28.8. The van der Waals surface area contributed by atoms with Crippen molar-refractivity contribution in [2.45, 2.75) is 84.1 Å². The van der Waals surface area contributed by atoms with E-state index >= 15 is 0 Å². The van der Waals surface area contributed by atoms with Crippen LogP contribution in [0.1, 0.15) is 73.9 Å². The van der Waals surface area contributed by atoms with Crippen molar-refractivity contribution in [3.05, 3.63) is 118 Å². The van der Waals surface area contributed by atoms with Gasteiger partial charge in [0, 0.05) is 47.9 Å². The van der Waals surface area contributed by atoms with Crippen LogP contribution in [0.25, 0.3) is 0 Å². The molecule has 41 heavy (non-hydrogen) atoms. The molecular formula is C37H42N2O2. The van der Waals surface area contributed by atoms with Crippen molar-refractivity contribution in [1.82, 2.24) is 0 Å². The maximum Gasteiger partial charge on any atom is 0.253 e. The predicted molar refractivity (Wildman–Crippen MR) is 169 cm³/mol. The Morgan fingerprint density at radius 3 is 1.37 bits per heavy atom. The molecule has 2 aliphatic heterocycles. The minimum absolute atomic E-state index is 0.140. The SMILES string of the molecule is Cc1cc(NCc2ccccc2)c2c(c1)C(C)(C)CC1(CC(C)(C)c3cc(C)cc(NCc4ccccc4)c3O1)O2. The number of fused-ring (bicyclic) bond motifs is 2. The van der Waals surface area contributed by atoms with Crippen LogP contribution in [-0.4, -0.2) is 5.79 Å². The molecule has 0 aliphatic carbocycles. The van der Waals surface area contributed by atoms with Crippen molar-refractivity contribution in [3.63, 3.8) is 0 Å². The van der Waals surface area contributed by atoms with Gasteiger partial charge in [0.05, 0.1) is 11.4 Å². The Balaban J connectivity index is 1.38. The first kappa shape index (κ1) is 27.3. The van der Waals surface area contributed by atoms with E-state index in [0.717, 1.165) is 48.8 Å². The Labute approximate surface area is 245 Å². The lowest BCUT2D eigenvalue weighted by Gasteiger charge is -2.52. The molecule has 4 aromatic carbocycles. The van der Waals surface area contributed by atoms with Crippen LogP contribution in [0.4, 0.5) is 11.4 Å². The van der Waals surface area contributed by atoms with Crippen molar-refractivity contribution >= 4 is 11.4 Å². The van der Waals surface area contributed by atoms with E-state index in [-0.39, 0.29) is 10.8 Å². The number of nitrogens with one attached hydrogen (secondary N) is 2. The quantitative estimate of drug-likeness (QED) is 0.253. The third kappa shape index (κ3) is 5.40. The number of rotatable bonds is 6. The molecule has 0 unspecified atom stereocenters. The van der Waals surface area contributed by atoms with Crippen LogP contribution >= 0.6 is 0 Å². The highest BCUT2D eigenvalue weighted by Gasteiger charge is 2.54. The number of hydrogen-bond donors (Lipinski definition) is 2. The fourth-order valence-electron chi connectivity index (χ4n) is 6.76.